The van der Waals surface area contributed by atoms with Crippen molar-refractivity contribution in [3.05, 3.63) is 47.0 Å². The molecule has 0 bridgehead atoms. The fraction of sp³-hybridized carbons (Fsp3) is 0.429. The van der Waals surface area contributed by atoms with Gasteiger partial charge in [-0.2, -0.15) is 0 Å². The second-order valence-electron chi connectivity index (χ2n) is 7.14. The van der Waals surface area contributed by atoms with Crippen molar-refractivity contribution in [3.63, 3.8) is 0 Å². The van der Waals surface area contributed by atoms with Gasteiger partial charge in [0.2, 0.25) is 0 Å². The van der Waals surface area contributed by atoms with Gasteiger partial charge in [-0.25, -0.2) is 0 Å². The number of fused-ring (bicyclic) bond motifs is 1. The average molecular weight is 374 g/mol. The first-order chi connectivity index (χ1) is 12.7. The van der Waals surface area contributed by atoms with Gasteiger partial charge >= 0.3 is 0 Å². The van der Waals surface area contributed by atoms with Gasteiger partial charge in [0.25, 0.3) is 0 Å². The number of ether oxygens (including phenoxy) is 2. The van der Waals surface area contributed by atoms with Crippen LogP contribution in [0.2, 0.25) is 5.02 Å². The zero-order valence-electron chi connectivity index (χ0n) is 14.8. The van der Waals surface area contributed by atoms with Gasteiger partial charge in [0.1, 0.15) is 6.61 Å². The lowest BCUT2D eigenvalue weighted by molar-refractivity contribution is 0.174. The number of nitrogens with zero attached hydrogens (tertiary/aromatic N) is 1. The molecule has 0 spiro atoms. The van der Waals surface area contributed by atoms with Crippen LogP contribution in [0, 0.1) is 5.92 Å². The molecule has 2 aromatic rings. The van der Waals surface area contributed by atoms with Gasteiger partial charge in [-0.1, -0.05) is 23.7 Å². The monoisotopic (exact) mass is 373 g/mol. The molecule has 0 aliphatic carbocycles. The molecule has 1 saturated heterocycles. The van der Waals surface area contributed by atoms with E-state index < -0.39 is 0 Å². The molecule has 0 saturated carbocycles. The van der Waals surface area contributed by atoms with Gasteiger partial charge in [-0.3, -0.25) is 4.90 Å². The lowest BCUT2D eigenvalue weighted by Gasteiger charge is -2.21. The van der Waals surface area contributed by atoms with Crippen molar-refractivity contribution in [2.75, 3.05) is 32.9 Å². The number of benzene rings is 2. The minimum atomic E-state index is 0.198. The normalized spacial score (nSPS) is 20.4. The molecular weight excluding hydrogens is 350 g/mol. The fourth-order valence-electron chi connectivity index (χ4n) is 3.75. The summed E-state index contributed by atoms with van der Waals surface area (Å²) in [7, 11) is 0. The molecule has 0 aromatic heterocycles. The number of aromatic hydroxyl groups is 1. The van der Waals surface area contributed by atoms with Crippen LogP contribution in [0.25, 0.3) is 11.1 Å². The van der Waals surface area contributed by atoms with Gasteiger partial charge in [0.05, 0.1) is 0 Å². The summed E-state index contributed by atoms with van der Waals surface area (Å²) in [6.45, 7) is 5.06. The Hall–Kier alpha value is -1.75. The number of rotatable bonds is 4. The number of hydrogen-bond donors (Lipinski definition) is 1. The maximum Gasteiger partial charge on any atom is 0.165 e. The van der Waals surface area contributed by atoms with E-state index in [4.69, 9.17) is 21.1 Å². The molecule has 0 amide bonds. The Morgan fingerprint density at radius 2 is 2.08 bits per heavy atom. The van der Waals surface area contributed by atoms with E-state index in [1.807, 2.05) is 24.3 Å². The highest BCUT2D eigenvalue weighted by Crippen LogP contribution is 2.38. The van der Waals surface area contributed by atoms with Gasteiger partial charge in [-0.05, 0) is 60.7 Å². The number of phenolic OH excluding ortho intramolecular Hbond substituents is 1. The molecule has 2 aliphatic rings. The summed E-state index contributed by atoms with van der Waals surface area (Å²) in [6.07, 6.45) is 2.32. The highest BCUT2D eigenvalue weighted by Gasteiger charge is 2.22. The Morgan fingerprint density at radius 1 is 1.15 bits per heavy atom. The van der Waals surface area contributed by atoms with Crippen molar-refractivity contribution in [2.24, 2.45) is 5.92 Å². The van der Waals surface area contributed by atoms with Crippen LogP contribution < -0.4 is 4.74 Å². The minimum Gasteiger partial charge on any atom is -0.504 e. The summed E-state index contributed by atoms with van der Waals surface area (Å²) in [6, 6.07) is 11.6. The van der Waals surface area contributed by atoms with Crippen LogP contribution in [0.3, 0.4) is 0 Å². The lowest BCUT2D eigenvalue weighted by atomic mass is 10.0. The molecule has 0 radical (unpaired) electrons. The van der Waals surface area contributed by atoms with Gasteiger partial charge in [0, 0.05) is 36.9 Å². The first-order valence-electron chi connectivity index (χ1n) is 9.24. The highest BCUT2D eigenvalue weighted by atomic mass is 35.5. The smallest absolute Gasteiger partial charge is 0.165 e. The molecule has 138 valence electrons. The van der Waals surface area contributed by atoms with E-state index in [0.717, 1.165) is 56.0 Å². The van der Waals surface area contributed by atoms with Gasteiger partial charge < -0.3 is 14.6 Å². The predicted molar refractivity (Wildman–Crippen MR) is 103 cm³/mol. The fourth-order valence-corrected chi connectivity index (χ4v) is 3.95. The summed E-state index contributed by atoms with van der Waals surface area (Å²) in [5.41, 5.74) is 2.98. The molecule has 2 aromatic carbocycles. The molecular formula is C21H24ClNO3. The van der Waals surface area contributed by atoms with Crippen LogP contribution in [0.4, 0.5) is 0 Å². The van der Waals surface area contributed by atoms with E-state index in [0.29, 0.717) is 23.3 Å². The Morgan fingerprint density at radius 3 is 2.88 bits per heavy atom. The van der Waals surface area contributed by atoms with Crippen molar-refractivity contribution in [3.8, 4) is 22.6 Å². The predicted octanol–water partition coefficient (Wildman–Crippen LogP) is 4.33. The largest absolute Gasteiger partial charge is 0.504 e. The topological polar surface area (TPSA) is 41.9 Å². The van der Waals surface area contributed by atoms with Crippen LogP contribution in [-0.2, 0) is 11.3 Å². The van der Waals surface area contributed by atoms with Crippen LogP contribution in [0.1, 0.15) is 18.4 Å². The third-order valence-electron chi connectivity index (χ3n) is 5.23. The summed E-state index contributed by atoms with van der Waals surface area (Å²) in [4.78, 5) is 2.41. The number of hydrogen-bond acceptors (Lipinski definition) is 4. The summed E-state index contributed by atoms with van der Waals surface area (Å²) >= 11 is 6.12. The molecule has 26 heavy (non-hydrogen) atoms. The molecule has 2 aliphatic heterocycles. The van der Waals surface area contributed by atoms with E-state index in [2.05, 4.69) is 11.0 Å². The Labute approximate surface area is 159 Å². The average Bonchev–Trinajstić information content (AvgIpc) is 3.06. The number of halogens is 1. The van der Waals surface area contributed by atoms with Crippen LogP contribution >= 0.6 is 11.6 Å². The minimum absolute atomic E-state index is 0.198. The van der Waals surface area contributed by atoms with Crippen molar-refractivity contribution < 1.29 is 14.6 Å². The molecule has 1 N–H and O–H groups in total. The Bertz CT molecular complexity index is 774. The van der Waals surface area contributed by atoms with E-state index in [1.54, 1.807) is 6.07 Å². The molecule has 1 atom stereocenters. The molecule has 1 fully saturated rings. The highest BCUT2D eigenvalue weighted by molar-refractivity contribution is 6.30. The maximum absolute atomic E-state index is 10.5. The first-order valence-corrected chi connectivity index (χ1v) is 9.61. The van der Waals surface area contributed by atoms with E-state index in [1.165, 1.54) is 6.42 Å². The standard InChI is InChI=1S/C21H24ClNO3/c22-19-3-1-2-16(11-19)17-10-18-13-23(6-4-15-5-8-25-14-15)7-9-26-21(18)20(24)12-17/h1-3,10-12,15,24H,4-9,13-14H2/t15-/m1/s1. The van der Waals surface area contributed by atoms with Gasteiger partial charge in [-0.15, -0.1) is 0 Å². The molecule has 5 heteroatoms. The second kappa shape index (κ2) is 7.87. The SMILES string of the molecule is Oc1cc(-c2cccc(Cl)c2)cc2c1OCCN(CC[C@@H]1CCOC1)C2. The second-order valence-corrected chi connectivity index (χ2v) is 7.57. The zero-order valence-corrected chi connectivity index (χ0v) is 15.5. The third-order valence-corrected chi connectivity index (χ3v) is 5.46. The molecule has 4 nitrogen and oxygen atoms in total. The van der Waals surface area contributed by atoms with Crippen LogP contribution in [0.5, 0.6) is 11.5 Å². The maximum atomic E-state index is 10.5. The summed E-state index contributed by atoms with van der Waals surface area (Å²) in [5, 5.41) is 11.2. The Kier molecular flexibility index (Phi) is 5.34. The van der Waals surface area contributed by atoms with E-state index in [-0.39, 0.29) is 5.75 Å². The van der Waals surface area contributed by atoms with Crippen molar-refractivity contribution >= 4 is 11.6 Å². The molecule has 4 rings (SSSR count). The summed E-state index contributed by atoms with van der Waals surface area (Å²) in [5.74, 6) is 1.48. The van der Waals surface area contributed by atoms with Crippen LogP contribution in [-0.4, -0.2) is 42.9 Å². The van der Waals surface area contributed by atoms with Crippen molar-refractivity contribution in [1.82, 2.24) is 4.90 Å². The number of phenols is 1. The van der Waals surface area contributed by atoms with Crippen molar-refractivity contribution in [2.45, 2.75) is 19.4 Å². The van der Waals surface area contributed by atoms with Gasteiger partial charge in [0.15, 0.2) is 11.5 Å². The lowest BCUT2D eigenvalue weighted by Crippen LogP contribution is -2.28. The van der Waals surface area contributed by atoms with E-state index in [9.17, 15) is 5.11 Å². The molecule has 2 heterocycles. The Balaban J connectivity index is 1.55. The summed E-state index contributed by atoms with van der Waals surface area (Å²) < 4.78 is 11.3. The third kappa shape index (κ3) is 3.98. The van der Waals surface area contributed by atoms with E-state index >= 15 is 0 Å². The molecule has 0 unspecified atom stereocenters. The quantitative estimate of drug-likeness (QED) is 0.865. The first kappa shape index (κ1) is 17.7. The van der Waals surface area contributed by atoms with Crippen molar-refractivity contribution in [1.29, 1.82) is 0 Å². The zero-order chi connectivity index (χ0) is 17.9. The van der Waals surface area contributed by atoms with Crippen LogP contribution in [0.15, 0.2) is 36.4 Å².